The van der Waals surface area contributed by atoms with Crippen LogP contribution in [0, 0.1) is 11.8 Å². The van der Waals surface area contributed by atoms with E-state index in [1.807, 2.05) is 12.3 Å². The standard InChI is InChI=1S/C11H14ClN/c1-7(2)9-5-10(9)8-3-4-11(12)13-6-8/h3-4,6-7,9-10H,5H2,1-2H3/t9-,10-/m1/s1. The zero-order valence-electron chi connectivity index (χ0n) is 8.00. The van der Waals surface area contributed by atoms with Crippen molar-refractivity contribution >= 4 is 11.6 Å². The molecule has 1 nitrogen and oxygen atoms in total. The molecule has 0 aromatic carbocycles. The molecular weight excluding hydrogens is 182 g/mol. The number of halogens is 1. The number of aromatic nitrogens is 1. The monoisotopic (exact) mass is 195 g/mol. The Hall–Kier alpha value is -0.560. The lowest BCUT2D eigenvalue weighted by atomic mass is 10.0. The average molecular weight is 196 g/mol. The normalized spacial score (nSPS) is 26.5. The molecule has 0 unspecified atom stereocenters. The van der Waals surface area contributed by atoms with E-state index in [0.717, 1.165) is 17.8 Å². The van der Waals surface area contributed by atoms with E-state index in [-0.39, 0.29) is 0 Å². The van der Waals surface area contributed by atoms with Crippen LogP contribution in [0.1, 0.15) is 31.7 Å². The van der Waals surface area contributed by atoms with Gasteiger partial charge in [-0.2, -0.15) is 0 Å². The van der Waals surface area contributed by atoms with Crippen LogP contribution >= 0.6 is 11.6 Å². The first-order valence-corrected chi connectivity index (χ1v) is 5.17. The number of nitrogens with zero attached hydrogens (tertiary/aromatic N) is 1. The largest absolute Gasteiger partial charge is 0.244 e. The number of hydrogen-bond donors (Lipinski definition) is 0. The van der Waals surface area contributed by atoms with Crippen LogP contribution in [-0.2, 0) is 0 Å². The summed E-state index contributed by atoms with van der Waals surface area (Å²) >= 11 is 5.72. The van der Waals surface area contributed by atoms with Crippen LogP contribution in [0.15, 0.2) is 18.3 Å². The smallest absolute Gasteiger partial charge is 0.129 e. The molecule has 1 aliphatic carbocycles. The first kappa shape index (κ1) is 9.01. The zero-order valence-corrected chi connectivity index (χ0v) is 8.75. The molecular formula is C11H14ClN. The van der Waals surface area contributed by atoms with Crippen molar-refractivity contribution in [3.05, 3.63) is 29.0 Å². The summed E-state index contributed by atoms with van der Waals surface area (Å²) in [4.78, 5) is 4.10. The Bertz CT molecular complexity index is 291. The Kier molecular flexibility index (Phi) is 2.29. The lowest BCUT2D eigenvalue weighted by molar-refractivity contribution is 0.548. The summed E-state index contributed by atoms with van der Waals surface area (Å²) in [7, 11) is 0. The quantitative estimate of drug-likeness (QED) is 0.659. The van der Waals surface area contributed by atoms with Crippen LogP contribution in [0.3, 0.4) is 0 Å². The van der Waals surface area contributed by atoms with Crippen LogP contribution in [-0.4, -0.2) is 4.98 Å². The second-order valence-electron chi connectivity index (χ2n) is 4.16. The Morgan fingerprint density at radius 2 is 2.23 bits per heavy atom. The van der Waals surface area contributed by atoms with E-state index in [2.05, 4.69) is 24.9 Å². The molecule has 13 heavy (non-hydrogen) atoms. The van der Waals surface area contributed by atoms with Gasteiger partial charge in [0.2, 0.25) is 0 Å². The predicted octanol–water partition coefficient (Wildman–Crippen LogP) is 3.49. The van der Waals surface area contributed by atoms with Crippen LogP contribution < -0.4 is 0 Å². The highest BCUT2D eigenvalue weighted by Crippen LogP contribution is 2.51. The summed E-state index contributed by atoms with van der Waals surface area (Å²) in [6.45, 7) is 4.57. The van der Waals surface area contributed by atoms with Gasteiger partial charge < -0.3 is 0 Å². The Morgan fingerprint density at radius 3 is 2.69 bits per heavy atom. The van der Waals surface area contributed by atoms with E-state index in [0.29, 0.717) is 5.15 Å². The van der Waals surface area contributed by atoms with Crippen molar-refractivity contribution in [2.45, 2.75) is 26.2 Å². The van der Waals surface area contributed by atoms with E-state index in [4.69, 9.17) is 11.6 Å². The summed E-state index contributed by atoms with van der Waals surface area (Å²) in [5.41, 5.74) is 1.35. The van der Waals surface area contributed by atoms with Crippen molar-refractivity contribution < 1.29 is 0 Å². The van der Waals surface area contributed by atoms with Crippen molar-refractivity contribution in [2.24, 2.45) is 11.8 Å². The molecule has 2 heteroatoms. The molecule has 0 bridgehead atoms. The molecule has 1 aromatic rings. The van der Waals surface area contributed by atoms with Gasteiger partial charge in [-0.3, -0.25) is 0 Å². The van der Waals surface area contributed by atoms with Gasteiger partial charge in [0, 0.05) is 6.20 Å². The third-order valence-electron chi connectivity index (χ3n) is 2.87. The molecule has 1 aromatic heterocycles. The molecule has 0 radical (unpaired) electrons. The maximum absolute atomic E-state index is 5.72. The fourth-order valence-electron chi connectivity index (χ4n) is 1.94. The minimum atomic E-state index is 0.588. The highest BCUT2D eigenvalue weighted by molar-refractivity contribution is 6.29. The maximum atomic E-state index is 5.72. The molecule has 0 spiro atoms. The predicted molar refractivity (Wildman–Crippen MR) is 54.9 cm³/mol. The van der Waals surface area contributed by atoms with Gasteiger partial charge in [-0.25, -0.2) is 4.98 Å². The van der Waals surface area contributed by atoms with E-state index in [1.165, 1.54) is 12.0 Å². The second kappa shape index (κ2) is 3.30. The van der Waals surface area contributed by atoms with Crippen LogP contribution in [0.5, 0.6) is 0 Å². The van der Waals surface area contributed by atoms with E-state index in [1.54, 1.807) is 0 Å². The highest BCUT2D eigenvalue weighted by atomic mass is 35.5. The molecule has 0 N–H and O–H groups in total. The zero-order chi connectivity index (χ0) is 9.42. The van der Waals surface area contributed by atoms with Crippen molar-refractivity contribution in [2.75, 3.05) is 0 Å². The minimum Gasteiger partial charge on any atom is -0.244 e. The SMILES string of the molecule is CC(C)[C@H]1C[C@@H]1c1ccc(Cl)nc1. The van der Waals surface area contributed by atoms with E-state index >= 15 is 0 Å². The van der Waals surface area contributed by atoms with Gasteiger partial charge in [-0.05, 0) is 35.8 Å². The second-order valence-corrected chi connectivity index (χ2v) is 4.55. The first-order chi connectivity index (χ1) is 6.18. The average Bonchev–Trinajstić information content (AvgIpc) is 2.85. The third-order valence-corrected chi connectivity index (χ3v) is 3.10. The van der Waals surface area contributed by atoms with Crippen LogP contribution in [0.25, 0.3) is 0 Å². The van der Waals surface area contributed by atoms with Gasteiger partial charge in [0.25, 0.3) is 0 Å². The Morgan fingerprint density at radius 1 is 1.46 bits per heavy atom. The first-order valence-electron chi connectivity index (χ1n) is 4.80. The molecule has 0 amide bonds. The Balaban J connectivity index is 2.08. The molecule has 70 valence electrons. The fraction of sp³-hybridized carbons (Fsp3) is 0.545. The van der Waals surface area contributed by atoms with Crippen molar-refractivity contribution in [3.63, 3.8) is 0 Å². The molecule has 0 aliphatic heterocycles. The molecule has 1 saturated carbocycles. The number of hydrogen-bond acceptors (Lipinski definition) is 1. The fourth-order valence-corrected chi connectivity index (χ4v) is 2.05. The highest BCUT2D eigenvalue weighted by Gasteiger charge is 2.40. The molecule has 2 atom stereocenters. The topological polar surface area (TPSA) is 12.9 Å². The summed E-state index contributed by atoms with van der Waals surface area (Å²) in [6.07, 6.45) is 3.23. The molecule has 1 fully saturated rings. The lowest BCUT2D eigenvalue weighted by Crippen LogP contribution is -1.92. The van der Waals surface area contributed by atoms with E-state index in [9.17, 15) is 0 Å². The van der Waals surface area contributed by atoms with Gasteiger partial charge in [-0.15, -0.1) is 0 Å². The van der Waals surface area contributed by atoms with Crippen molar-refractivity contribution in [1.82, 2.24) is 4.98 Å². The van der Waals surface area contributed by atoms with Crippen molar-refractivity contribution in [3.8, 4) is 0 Å². The van der Waals surface area contributed by atoms with Gasteiger partial charge in [0.05, 0.1) is 0 Å². The lowest BCUT2D eigenvalue weighted by Gasteiger charge is -2.02. The van der Waals surface area contributed by atoms with E-state index < -0.39 is 0 Å². The van der Waals surface area contributed by atoms with Gasteiger partial charge >= 0.3 is 0 Å². The number of rotatable bonds is 2. The van der Waals surface area contributed by atoms with Crippen LogP contribution in [0.2, 0.25) is 5.15 Å². The van der Waals surface area contributed by atoms with Gasteiger partial charge in [0.15, 0.2) is 0 Å². The summed E-state index contributed by atoms with van der Waals surface area (Å²) in [6, 6.07) is 3.98. The third kappa shape index (κ3) is 1.86. The summed E-state index contributed by atoms with van der Waals surface area (Å²) < 4.78 is 0. The molecule has 0 saturated heterocycles. The maximum Gasteiger partial charge on any atom is 0.129 e. The Labute approximate surface area is 84.1 Å². The van der Waals surface area contributed by atoms with Crippen molar-refractivity contribution in [1.29, 1.82) is 0 Å². The molecule has 1 aliphatic rings. The molecule has 1 heterocycles. The van der Waals surface area contributed by atoms with Crippen LogP contribution in [0.4, 0.5) is 0 Å². The summed E-state index contributed by atoms with van der Waals surface area (Å²) in [5.74, 6) is 2.40. The molecule has 2 rings (SSSR count). The summed E-state index contributed by atoms with van der Waals surface area (Å²) in [5, 5.41) is 0.588. The van der Waals surface area contributed by atoms with Gasteiger partial charge in [-0.1, -0.05) is 31.5 Å². The minimum absolute atomic E-state index is 0.588. The number of pyridine rings is 1. The van der Waals surface area contributed by atoms with Gasteiger partial charge in [0.1, 0.15) is 5.15 Å².